The number of hydrogen-bond acceptors (Lipinski definition) is 7. The number of nitrogens with zero attached hydrogens (tertiary/aromatic N) is 3. The van der Waals surface area contributed by atoms with Gasteiger partial charge in [0.15, 0.2) is 6.61 Å². The Bertz CT molecular complexity index is 1040. The molecule has 4 rings (SSSR count). The number of nitrogens with one attached hydrogen (secondary N) is 1. The van der Waals surface area contributed by atoms with Crippen LogP contribution < -0.4 is 10.1 Å². The van der Waals surface area contributed by atoms with Crippen LogP contribution in [-0.2, 0) is 4.79 Å². The zero-order chi connectivity index (χ0) is 21.6. The van der Waals surface area contributed by atoms with Crippen LogP contribution in [0.4, 0.5) is 0 Å². The lowest BCUT2D eigenvalue weighted by molar-refractivity contribution is -0.135. The summed E-state index contributed by atoms with van der Waals surface area (Å²) in [6, 6.07) is 15.9. The fraction of sp³-hybridized carbons (Fsp3) is 0.273. The molecule has 0 spiro atoms. The largest absolute Gasteiger partial charge is 0.484 e. The Kier molecular flexibility index (Phi) is 6.51. The molecule has 1 atom stereocenters. The molecule has 1 aromatic heterocycles. The van der Waals surface area contributed by atoms with Crippen LogP contribution in [0.15, 0.2) is 59.1 Å². The number of carbonyl (C=O) groups excluding carboxylic acids is 2. The molecule has 1 unspecified atom stereocenters. The summed E-state index contributed by atoms with van der Waals surface area (Å²) in [4.78, 5) is 30.8. The second-order valence-corrected chi connectivity index (χ2v) is 8.04. The number of ether oxygens (including phenoxy) is 1. The molecule has 0 saturated carbocycles. The van der Waals surface area contributed by atoms with Gasteiger partial charge in [-0.15, -0.1) is 0 Å². The smallest absolute Gasteiger partial charge is 0.261 e. The Morgan fingerprint density at radius 3 is 2.71 bits per heavy atom. The Balaban J connectivity index is 1.46. The minimum Gasteiger partial charge on any atom is -0.484 e. The normalized spacial score (nSPS) is 16.0. The number of benzene rings is 2. The van der Waals surface area contributed by atoms with Gasteiger partial charge in [-0.3, -0.25) is 9.59 Å². The molecule has 160 valence electrons. The third-order valence-corrected chi connectivity index (χ3v) is 5.94. The van der Waals surface area contributed by atoms with Crippen LogP contribution in [0.3, 0.4) is 0 Å². The number of rotatable bonds is 6. The summed E-state index contributed by atoms with van der Waals surface area (Å²) in [5, 5.41) is 6.66. The molecule has 2 aromatic carbocycles. The highest BCUT2D eigenvalue weighted by Gasteiger charge is 2.33. The Labute approximate surface area is 184 Å². The number of hydrogen-bond donors (Lipinski definition) is 1. The van der Waals surface area contributed by atoms with Crippen molar-refractivity contribution in [3.05, 3.63) is 66.1 Å². The zero-order valence-corrected chi connectivity index (χ0v) is 17.8. The molecule has 2 amide bonds. The molecule has 8 nitrogen and oxygen atoms in total. The molecule has 0 aliphatic carbocycles. The predicted octanol–water partition coefficient (Wildman–Crippen LogP) is 2.79. The maximum atomic E-state index is 12.8. The predicted molar refractivity (Wildman–Crippen MR) is 117 cm³/mol. The van der Waals surface area contributed by atoms with Crippen LogP contribution in [0.2, 0.25) is 0 Å². The molecule has 2 heterocycles. The van der Waals surface area contributed by atoms with Crippen molar-refractivity contribution in [1.82, 2.24) is 20.4 Å². The SMILES string of the molecule is CNC(=O)c1ccc(-c2noc(C3CSCCN3C(=O)COc3ccccc3)n2)cc1. The summed E-state index contributed by atoms with van der Waals surface area (Å²) in [5.41, 5.74) is 1.28. The zero-order valence-electron chi connectivity index (χ0n) is 17.0. The standard InChI is InChI=1S/C22H22N4O4S/c1-23-21(28)16-9-7-15(8-10-16)20-24-22(30-25-20)18-14-31-12-11-26(18)19(27)13-29-17-5-3-2-4-6-17/h2-10,18H,11-14H2,1H3,(H,23,28). The first kappa shape index (κ1) is 20.9. The van der Waals surface area contributed by atoms with Crippen molar-refractivity contribution < 1.29 is 18.8 Å². The quantitative estimate of drug-likeness (QED) is 0.632. The first-order valence-electron chi connectivity index (χ1n) is 9.87. The summed E-state index contributed by atoms with van der Waals surface area (Å²) in [6.45, 7) is 0.540. The summed E-state index contributed by atoms with van der Waals surface area (Å²) < 4.78 is 11.1. The van der Waals surface area contributed by atoms with Gasteiger partial charge in [0.2, 0.25) is 5.82 Å². The molecule has 31 heavy (non-hydrogen) atoms. The van der Waals surface area contributed by atoms with Gasteiger partial charge in [0.25, 0.3) is 17.7 Å². The van der Waals surface area contributed by atoms with Gasteiger partial charge in [0, 0.05) is 36.2 Å². The Hall–Kier alpha value is -3.33. The maximum Gasteiger partial charge on any atom is 0.261 e. The van der Waals surface area contributed by atoms with E-state index < -0.39 is 0 Å². The van der Waals surface area contributed by atoms with E-state index in [1.165, 1.54) is 0 Å². The third-order valence-electron chi connectivity index (χ3n) is 4.91. The molecular weight excluding hydrogens is 416 g/mol. The molecule has 0 radical (unpaired) electrons. The van der Waals surface area contributed by atoms with Crippen molar-refractivity contribution in [1.29, 1.82) is 0 Å². The second-order valence-electron chi connectivity index (χ2n) is 6.89. The van der Waals surface area contributed by atoms with E-state index in [4.69, 9.17) is 9.26 Å². The number of para-hydroxylation sites is 1. The Morgan fingerprint density at radius 1 is 1.19 bits per heavy atom. The summed E-state index contributed by atoms with van der Waals surface area (Å²) in [6.07, 6.45) is 0. The van der Waals surface area contributed by atoms with Crippen LogP contribution in [0.1, 0.15) is 22.3 Å². The van der Waals surface area contributed by atoms with Gasteiger partial charge in [-0.25, -0.2) is 0 Å². The monoisotopic (exact) mass is 438 g/mol. The highest BCUT2D eigenvalue weighted by molar-refractivity contribution is 7.99. The van der Waals surface area contributed by atoms with Crippen LogP contribution in [0.5, 0.6) is 5.75 Å². The molecule has 1 saturated heterocycles. The van der Waals surface area contributed by atoms with Crippen molar-refractivity contribution in [2.75, 3.05) is 31.7 Å². The average Bonchev–Trinajstić information content (AvgIpc) is 3.33. The van der Waals surface area contributed by atoms with E-state index in [0.29, 0.717) is 35.3 Å². The minimum atomic E-state index is -0.308. The topological polar surface area (TPSA) is 97.6 Å². The van der Waals surface area contributed by atoms with Crippen LogP contribution >= 0.6 is 11.8 Å². The van der Waals surface area contributed by atoms with Crippen LogP contribution in [0.25, 0.3) is 11.4 Å². The molecule has 9 heteroatoms. The maximum absolute atomic E-state index is 12.8. The van der Waals surface area contributed by atoms with Crippen molar-refractivity contribution in [3.63, 3.8) is 0 Å². The first-order valence-corrected chi connectivity index (χ1v) is 11.0. The van der Waals surface area contributed by atoms with E-state index in [-0.39, 0.29) is 24.5 Å². The van der Waals surface area contributed by atoms with Crippen molar-refractivity contribution in [2.45, 2.75) is 6.04 Å². The van der Waals surface area contributed by atoms with E-state index >= 15 is 0 Å². The molecule has 1 fully saturated rings. The molecule has 1 aliphatic rings. The van der Waals surface area contributed by atoms with Gasteiger partial charge in [0.1, 0.15) is 11.8 Å². The van der Waals surface area contributed by atoms with E-state index in [2.05, 4.69) is 15.5 Å². The summed E-state index contributed by atoms with van der Waals surface area (Å²) >= 11 is 1.74. The van der Waals surface area contributed by atoms with E-state index in [0.717, 1.165) is 11.3 Å². The van der Waals surface area contributed by atoms with E-state index in [1.807, 2.05) is 30.3 Å². The Morgan fingerprint density at radius 2 is 1.97 bits per heavy atom. The molecule has 0 bridgehead atoms. The lowest BCUT2D eigenvalue weighted by Gasteiger charge is -2.32. The molecule has 3 aromatic rings. The number of amides is 2. The van der Waals surface area contributed by atoms with Gasteiger partial charge >= 0.3 is 0 Å². The highest BCUT2D eigenvalue weighted by atomic mass is 32.2. The molecule has 1 N–H and O–H groups in total. The van der Waals surface area contributed by atoms with Crippen molar-refractivity contribution in [3.8, 4) is 17.1 Å². The molecular formula is C22H22N4O4S. The van der Waals surface area contributed by atoms with E-state index in [9.17, 15) is 9.59 Å². The summed E-state index contributed by atoms with van der Waals surface area (Å²) in [7, 11) is 1.59. The van der Waals surface area contributed by atoms with Crippen molar-refractivity contribution >= 4 is 23.6 Å². The fourth-order valence-corrected chi connectivity index (χ4v) is 4.29. The number of thioether (sulfide) groups is 1. The number of carbonyl (C=O) groups is 2. The number of aromatic nitrogens is 2. The summed E-state index contributed by atoms with van der Waals surface area (Å²) in [5.74, 6) is 2.70. The second kappa shape index (κ2) is 9.65. The van der Waals surface area contributed by atoms with Gasteiger partial charge < -0.3 is 19.5 Å². The average molecular weight is 439 g/mol. The van der Waals surface area contributed by atoms with Crippen molar-refractivity contribution in [2.24, 2.45) is 0 Å². The first-order chi connectivity index (χ1) is 15.2. The van der Waals surface area contributed by atoms with Crippen LogP contribution in [-0.4, -0.2) is 58.6 Å². The van der Waals surface area contributed by atoms with Gasteiger partial charge in [-0.1, -0.05) is 35.5 Å². The van der Waals surface area contributed by atoms with E-state index in [1.54, 1.807) is 48.0 Å². The molecule has 1 aliphatic heterocycles. The van der Waals surface area contributed by atoms with Crippen LogP contribution in [0, 0.1) is 0 Å². The highest BCUT2D eigenvalue weighted by Crippen LogP contribution is 2.30. The minimum absolute atomic E-state index is 0.0485. The lowest BCUT2D eigenvalue weighted by atomic mass is 10.1. The lowest BCUT2D eigenvalue weighted by Crippen LogP contribution is -2.43. The van der Waals surface area contributed by atoms with Gasteiger partial charge in [0.05, 0.1) is 0 Å². The van der Waals surface area contributed by atoms with Gasteiger partial charge in [-0.05, 0) is 24.3 Å². The third kappa shape index (κ3) is 4.88. The van der Waals surface area contributed by atoms with Gasteiger partial charge in [-0.2, -0.15) is 16.7 Å². The fourth-order valence-electron chi connectivity index (χ4n) is 3.25.